The number of carbonyl (C=O) groups excluding carboxylic acids is 3. The van der Waals surface area contributed by atoms with Crippen LogP contribution in [0.3, 0.4) is 0 Å². The molecule has 0 radical (unpaired) electrons. The van der Waals surface area contributed by atoms with Gasteiger partial charge in [0.05, 0.1) is 12.6 Å². The number of ketones is 2. The minimum absolute atomic E-state index is 0.0334. The summed E-state index contributed by atoms with van der Waals surface area (Å²) in [6.45, 7) is 3.35. The Morgan fingerprint density at radius 3 is 2.38 bits per heavy atom. The maximum atomic E-state index is 11.2. The van der Waals surface area contributed by atoms with Gasteiger partial charge in [-0.15, -0.1) is 0 Å². The van der Waals surface area contributed by atoms with Crippen molar-refractivity contribution in [2.24, 2.45) is 0 Å². The average Bonchev–Trinajstić information content (AvgIpc) is 2.23. The predicted molar refractivity (Wildman–Crippen MR) is 59.0 cm³/mol. The zero-order valence-electron chi connectivity index (χ0n) is 10.0. The van der Waals surface area contributed by atoms with Gasteiger partial charge in [0.1, 0.15) is 5.78 Å². The zero-order valence-corrected chi connectivity index (χ0v) is 10.0. The van der Waals surface area contributed by atoms with Crippen LogP contribution in [-0.4, -0.2) is 37.2 Å². The molecule has 0 heterocycles. The standard InChI is InChI=1S/C11H19NO4/c1-4-16-11(15)10(14)7-5-6-9(12-3)8(2)13/h9,12H,4-7H2,1-3H3/t9-/m0/s1. The van der Waals surface area contributed by atoms with E-state index in [9.17, 15) is 14.4 Å². The van der Waals surface area contributed by atoms with Gasteiger partial charge in [0.25, 0.3) is 0 Å². The molecular formula is C11H19NO4. The summed E-state index contributed by atoms with van der Waals surface area (Å²) in [5.74, 6) is -1.28. The Morgan fingerprint density at radius 1 is 1.31 bits per heavy atom. The molecular weight excluding hydrogens is 210 g/mol. The van der Waals surface area contributed by atoms with E-state index < -0.39 is 11.8 Å². The van der Waals surface area contributed by atoms with Crippen LogP contribution in [0.5, 0.6) is 0 Å². The van der Waals surface area contributed by atoms with Crippen LogP contribution in [0.2, 0.25) is 0 Å². The first-order chi connectivity index (χ1) is 7.52. The summed E-state index contributed by atoms with van der Waals surface area (Å²) in [4.78, 5) is 33.2. The summed E-state index contributed by atoms with van der Waals surface area (Å²) in [6.07, 6.45) is 1.18. The zero-order chi connectivity index (χ0) is 12.6. The van der Waals surface area contributed by atoms with Crippen LogP contribution in [0.25, 0.3) is 0 Å². The van der Waals surface area contributed by atoms with Crippen LogP contribution in [0.15, 0.2) is 0 Å². The molecule has 0 rings (SSSR count). The number of Topliss-reactive ketones (excluding diaryl/α,β-unsaturated/α-hetero) is 2. The van der Waals surface area contributed by atoms with Gasteiger partial charge in [0.2, 0.25) is 5.78 Å². The Balaban J connectivity index is 3.84. The summed E-state index contributed by atoms with van der Waals surface area (Å²) >= 11 is 0. The highest BCUT2D eigenvalue weighted by molar-refractivity contribution is 6.33. The molecule has 5 nitrogen and oxygen atoms in total. The van der Waals surface area contributed by atoms with Crippen molar-refractivity contribution in [2.45, 2.75) is 39.2 Å². The highest BCUT2D eigenvalue weighted by Crippen LogP contribution is 2.03. The predicted octanol–water partition coefficient (Wildman–Crippen LogP) is 0.466. The van der Waals surface area contributed by atoms with Crippen LogP contribution in [0, 0.1) is 0 Å². The molecule has 5 heteroatoms. The van der Waals surface area contributed by atoms with Gasteiger partial charge < -0.3 is 10.1 Å². The van der Waals surface area contributed by atoms with E-state index >= 15 is 0 Å². The van der Waals surface area contributed by atoms with Crippen LogP contribution in [-0.2, 0) is 19.1 Å². The fraction of sp³-hybridized carbons (Fsp3) is 0.727. The molecule has 0 aromatic carbocycles. The molecule has 0 aromatic heterocycles. The molecule has 0 aliphatic carbocycles. The van der Waals surface area contributed by atoms with Gasteiger partial charge in [-0.1, -0.05) is 0 Å². The van der Waals surface area contributed by atoms with Crippen molar-refractivity contribution in [3.63, 3.8) is 0 Å². The van der Waals surface area contributed by atoms with Gasteiger partial charge in [0, 0.05) is 6.42 Å². The monoisotopic (exact) mass is 229 g/mol. The second kappa shape index (κ2) is 7.98. The number of likely N-dealkylation sites (N-methyl/N-ethyl adjacent to an activating group) is 1. The average molecular weight is 229 g/mol. The molecule has 0 aromatic rings. The summed E-state index contributed by atoms with van der Waals surface area (Å²) in [6, 6.07) is -0.241. The minimum atomic E-state index is -0.786. The van der Waals surface area contributed by atoms with Crippen molar-refractivity contribution < 1.29 is 19.1 Å². The summed E-state index contributed by atoms with van der Waals surface area (Å²) in [7, 11) is 1.69. The molecule has 0 saturated carbocycles. The molecule has 1 atom stereocenters. The first kappa shape index (κ1) is 14.8. The Kier molecular flexibility index (Phi) is 7.37. The summed E-state index contributed by atoms with van der Waals surface area (Å²) in [5, 5.41) is 2.85. The number of rotatable bonds is 8. The van der Waals surface area contributed by atoms with Crippen molar-refractivity contribution in [2.75, 3.05) is 13.7 Å². The van der Waals surface area contributed by atoms with E-state index in [0.29, 0.717) is 12.8 Å². The Morgan fingerprint density at radius 2 is 1.94 bits per heavy atom. The molecule has 0 aliphatic rings. The van der Waals surface area contributed by atoms with Gasteiger partial charge in [-0.3, -0.25) is 9.59 Å². The molecule has 92 valence electrons. The SMILES string of the molecule is CCOC(=O)C(=O)CCC[C@H](NC)C(C)=O. The van der Waals surface area contributed by atoms with E-state index in [2.05, 4.69) is 10.1 Å². The lowest BCUT2D eigenvalue weighted by molar-refractivity contribution is -0.153. The number of carbonyl (C=O) groups is 3. The van der Waals surface area contributed by atoms with E-state index in [-0.39, 0.29) is 24.9 Å². The first-order valence-corrected chi connectivity index (χ1v) is 5.40. The Labute approximate surface area is 95.5 Å². The van der Waals surface area contributed by atoms with E-state index in [1.807, 2.05) is 0 Å². The van der Waals surface area contributed by atoms with Crippen LogP contribution < -0.4 is 5.32 Å². The lowest BCUT2D eigenvalue weighted by Gasteiger charge is -2.11. The number of ether oxygens (including phenoxy) is 1. The number of hydrogen-bond donors (Lipinski definition) is 1. The molecule has 0 unspecified atom stereocenters. The fourth-order valence-corrected chi connectivity index (χ4v) is 1.33. The fourth-order valence-electron chi connectivity index (χ4n) is 1.33. The first-order valence-electron chi connectivity index (χ1n) is 5.40. The number of hydrogen-bond acceptors (Lipinski definition) is 5. The molecule has 16 heavy (non-hydrogen) atoms. The minimum Gasteiger partial charge on any atom is -0.460 e. The van der Waals surface area contributed by atoms with Crippen molar-refractivity contribution >= 4 is 17.5 Å². The molecule has 0 spiro atoms. The quantitative estimate of drug-likeness (QED) is 0.483. The third kappa shape index (κ3) is 5.60. The van der Waals surface area contributed by atoms with Gasteiger partial charge in [0.15, 0.2) is 0 Å². The van der Waals surface area contributed by atoms with Crippen molar-refractivity contribution in [1.82, 2.24) is 5.32 Å². The van der Waals surface area contributed by atoms with Crippen LogP contribution >= 0.6 is 0 Å². The van der Waals surface area contributed by atoms with E-state index in [4.69, 9.17) is 0 Å². The topological polar surface area (TPSA) is 72.5 Å². The molecule has 1 N–H and O–H groups in total. The molecule has 0 amide bonds. The maximum Gasteiger partial charge on any atom is 0.374 e. The molecule has 0 saturated heterocycles. The Hall–Kier alpha value is -1.23. The van der Waals surface area contributed by atoms with Gasteiger partial charge in [-0.25, -0.2) is 4.79 Å². The molecule has 0 fully saturated rings. The highest BCUT2D eigenvalue weighted by atomic mass is 16.5. The lowest BCUT2D eigenvalue weighted by atomic mass is 10.1. The third-order valence-electron chi connectivity index (χ3n) is 2.24. The smallest absolute Gasteiger partial charge is 0.374 e. The van der Waals surface area contributed by atoms with Crippen LogP contribution in [0.1, 0.15) is 33.1 Å². The van der Waals surface area contributed by atoms with Crippen LogP contribution in [0.4, 0.5) is 0 Å². The second-order valence-electron chi connectivity index (χ2n) is 3.49. The highest BCUT2D eigenvalue weighted by Gasteiger charge is 2.16. The molecule has 0 aliphatic heterocycles. The van der Waals surface area contributed by atoms with Crippen molar-refractivity contribution in [3.05, 3.63) is 0 Å². The normalized spacial score (nSPS) is 11.9. The number of nitrogens with one attached hydrogen (secondary N) is 1. The summed E-state index contributed by atoms with van der Waals surface area (Å²) in [5.41, 5.74) is 0. The van der Waals surface area contributed by atoms with Crippen molar-refractivity contribution in [1.29, 1.82) is 0 Å². The van der Waals surface area contributed by atoms with E-state index in [0.717, 1.165) is 0 Å². The van der Waals surface area contributed by atoms with Gasteiger partial charge in [-0.2, -0.15) is 0 Å². The van der Waals surface area contributed by atoms with Gasteiger partial charge >= 0.3 is 5.97 Å². The Bertz CT molecular complexity index is 263. The third-order valence-corrected chi connectivity index (χ3v) is 2.24. The largest absolute Gasteiger partial charge is 0.460 e. The summed E-state index contributed by atoms with van der Waals surface area (Å²) < 4.78 is 4.56. The van der Waals surface area contributed by atoms with E-state index in [1.165, 1.54) is 6.92 Å². The van der Waals surface area contributed by atoms with Crippen molar-refractivity contribution in [3.8, 4) is 0 Å². The lowest BCUT2D eigenvalue weighted by Crippen LogP contribution is -2.32. The molecule has 0 bridgehead atoms. The number of esters is 1. The van der Waals surface area contributed by atoms with E-state index in [1.54, 1.807) is 14.0 Å². The maximum absolute atomic E-state index is 11.2. The second-order valence-corrected chi connectivity index (χ2v) is 3.49. The van der Waals surface area contributed by atoms with Gasteiger partial charge in [-0.05, 0) is 33.7 Å².